The first kappa shape index (κ1) is 17.7. The zero-order chi connectivity index (χ0) is 16.5. The van der Waals surface area contributed by atoms with E-state index in [1.807, 2.05) is 19.1 Å². The van der Waals surface area contributed by atoms with E-state index in [1.54, 1.807) is 13.1 Å². The number of carbonyl (C=O) groups is 1. The molecule has 1 N–H and O–H groups in total. The quantitative estimate of drug-likeness (QED) is 0.478. The molecule has 22 heavy (non-hydrogen) atoms. The summed E-state index contributed by atoms with van der Waals surface area (Å²) in [5.74, 6) is -0.397. The number of nitrogens with zero attached hydrogens (tertiary/aromatic N) is 1. The number of hydroxylamine groups is 2. The van der Waals surface area contributed by atoms with Crippen LogP contribution in [0.4, 0.5) is 4.39 Å². The van der Waals surface area contributed by atoms with Gasteiger partial charge in [0, 0.05) is 25.2 Å². The molecule has 0 spiro atoms. The molecule has 0 fully saturated rings. The first-order valence-corrected chi connectivity index (χ1v) is 6.77. The van der Waals surface area contributed by atoms with Crippen LogP contribution in [0.25, 0.3) is 0 Å². The van der Waals surface area contributed by atoms with E-state index in [0.717, 1.165) is 5.06 Å². The van der Waals surface area contributed by atoms with Crippen LogP contribution in [0.15, 0.2) is 42.3 Å². The average Bonchev–Trinajstić information content (AvgIpc) is 2.54. The molecule has 0 unspecified atom stereocenters. The lowest BCUT2D eigenvalue weighted by molar-refractivity contribution is -0.0757. The molecule has 120 valence electrons. The number of rotatable bonds is 7. The molecule has 1 rings (SSSR count). The number of ether oxygens (including phenoxy) is 1. The van der Waals surface area contributed by atoms with Crippen LogP contribution < -0.4 is 5.32 Å². The molecule has 1 aromatic carbocycles. The lowest BCUT2D eigenvalue weighted by Crippen LogP contribution is -2.25. The van der Waals surface area contributed by atoms with E-state index in [-0.39, 0.29) is 12.2 Å². The zero-order valence-electron chi connectivity index (χ0n) is 13.2. The molecular formula is C16H21FN2O3. The highest BCUT2D eigenvalue weighted by Crippen LogP contribution is 2.14. The summed E-state index contributed by atoms with van der Waals surface area (Å²) in [6.07, 6.45) is 5.40. The predicted molar refractivity (Wildman–Crippen MR) is 82.2 cm³/mol. The van der Waals surface area contributed by atoms with Crippen molar-refractivity contribution in [1.82, 2.24) is 10.4 Å². The highest BCUT2D eigenvalue weighted by molar-refractivity contribution is 5.93. The van der Waals surface area contributed by atoms with Gasteiger partial charge < -0.3 is 10.1 Å². The van der Waals surface area contributed by atoms with Crippen LogP contribution in [-0.4, -0.2) is 32.2 Å². The van der Waals surface area contributed by atoms with E-state index >= 15 is 0 Å². The van der Waals surface area contributed by atoms with Gasteiger partial charge in [0.2, 0.25) is 0 Å². The summed E-state index contributed by atoms with van der Waals surface area (Å²) < 4.78 is 19.5. The van der Waals surface area contributed by atoms with Crippen molar-refractivity contribution in [2.45, 2.75) is 13.5 Å². The summed E-state index contributed by atoms with van der Waals surface area (Å²) in [7, 11) is 4.55. The molecular weight excluding hydrogens is 287 g/mol. The van der Waals surface area contributed by atoms with E-state index in [2.05, 4.69) is 5.32 Å². The zero-order valence-corrected chi connectivity index (χ0v) is 13.2. The Hall–Kier alpha value is -2.34. The highest BCUT2D eigenvalue weighted by Gasteiger charge is 2.14. The lowest BCUT2D eigenvalue weighted by atomic mass is 10.1. The monoisotopic (exact) mass is 308 g/mol. The van der Waals surface area contributed by atoms with Crippen LogP contribution in [0.2, 0.25) is 0 Å². The Bertz CT molecular complexity index is 571. The Morgan fingerprint density at radius 2 is 2.18 bits per heavy atom. The second-order valence-electron chi connectivity index (χ2n) is 4.39. The summed E-state index contributed by atoms with van der Waals surface area (Å²) in [4.78, 5) is 16.6. The van der Waals surface area contributed by atoms with Gasteiger partial charge >= 0.3 is 0 Å². The molecule has 0 radical (unpaired) electrons. The Balaban J connectivity index is 2.80. The molecule has 0 aliphatic heterocycles. The normalized spacial score (nSPS) is 11.6. The minimum absolute atomic E-state index is 0.0602. The largest absolute Gasteiger partial charge is 0.474 e. The number of halogens is 1. The summed E-state index contributed by atoms with van der Waals surface area (Å²) >= 11 is 0. The number of nitrogens with one attached hydrogen (secondary N) is 1. The number of allylic oxidation sites excluding steroid dienone is 3. The second kappa shape index (κ2) is 8.84. The van der Waals surface area contributed by atoms with Crippen LogP contribution in [0.3, 0.4) is 0 Å². The Kier molecular flexibility index (Phi) is 7.12. The number of amides is 1. The fourth-order valence-corrected chi connectivity index (χ4v) is 1.60. The topological polar surface area (TPSA) is 50.8 Å². The molecule has 0 atom stereocenters. The van der Waals surface area contributed by atoms with Crippen molar-refractivity contribution in [3.8, 4) is 0 Å². The van der Waals surface area contributed by atoms with Crippen LogP contribution in [0.1, 0.15) is 22.8 Å². The molecule has 0 aliphatic rings. The molecule has 0 heterocycles. The maximum Gasteiger partial charge on any atom is 0.277 e. The fraction of sp³-hybridized carbons (Fsp3) is 0.312. The fourth-order valence-electron chi connectivity index (χ4n) is 1.60. The van der Waals surface area contributed by atoms with Gasteiger partial charge in [-0.25, -0.2) is 9.45 Å². The van der Waals surface area contributed by atoms with Gasteiger partial charge in [-0.15, -0.1) is 0 Å². The third-order valence-corrected chi connectivity index (χ3v) is 2.93. The molecule has 5 nitrogen and oxygen atoms in total. The molecule has 1 amide bonds. The van der Waals surface area contributed by atoms with Crippen LogP contribution in [0, 0.1) is 5.82 Å². The van der Waals surface area contributed by atoms with Gasteiger partial charge in [0.25, 0.3) is 5.91 Å². The minimum Gasteiger partial charge on any atom is -0.474 e. The van der Waals surface area contributed by atoms with Gasteiger partial charge in [-0.05, 0) is 25.1 Å². The van der Waals surface area contributed by atoms with Gasteiger partial charge in [0.05, 0.1) is 7.11 Å². The van der Waals surface area contributed by atoms with Gasteiger partial charge in [0.1, 0.15) is 12.4 Å². The summed E-state index contributed by atoms with van der Waals surface area (Å²) in [5, 5.41) is 3.90. The summed E-state index contributed by atoms with van der Waals surface area (Å²) in [6, 6.07) is 4.23. The van der Waals surface area contributed by atoms with E-state index in [0.29, 0.717) is 11.4 Å². The third-order valence-electron chi connectivity index (χ3n) is 2.93. The Labute approximate surface area is 130 Å². The molecule has 0 saturated heterocycles. The minimum atomic E-state index is -0.503. The highest BCUT2D eigenvalue weighted by atomic mass is 19.1. The van der Waals surface area contributed by atoms with Crippen molar-refractivity contribution in [2.24, 2.45) is 0 Å². The van der Waals surface area contributed by atoms with Gasteiger partial charge in [-0.2, -0.15) is 0 Å². The van der Waals surface area contributed by atoms with Crippen LogP contribution >= 0.6 is 0 Å². The summed E-state index contributed by atoms with van der Waals surface area (Å²) in [6.45, 7) is 1.95. The first-order chi connectivity index (χ1) is 10.5. The molecule has 1 aromatic rings. The SMILES string of the molecule is C/C=C\C=C(/NC)OCc1ccc(C(=O)N(C)OC)cc1F. The smallest absolute Gasteiger partial charge is 0.277 e. The first-order valence-electron chi connectivity index (χ1n) is 6.77. The predicted octanol–water partition coefficient (Wildman–Crippen LogP) is 2.61. The van der Waals surface area contributed by atoms with Crippen molar-refractivity contribution >= 4 is 5.91 Å². The Morgan fingerprint density at radius 3 is 2.73 bits per heavy atom. The van der Waals surface area contributed by atoms with Crippen molar-refractivity contribution in [3.63, 3.8) is 0 Å². The molecule has 6 heteroatoms. The molecule has 0 saturated carbocycles. The Morgan fingerprint density at radius 1 is 1.45 bits per heavy atom. The standard InChI is InChI=1S/C16H21FN2O3/c1-5-6-7-15(18-2)22-11-13-9-8-12(10-14(13)17)16(20)19(3)21-4/h5-10,18H,11H2,1-4H3/b6-5-,15-7+. The number of hydrogen-bond donors (Lipinski definition) is 1. The number of carbonyl (C=O) groups excluding carboxylic acids is 1. The van der Waals surface area contributed by atoms with Crippen molar-refractivity contribution in [3.05, 3.63) is 59.3 Å². The van der Waals surface area contributed by atoms with Crippen molar-refractivity contribution < 1.29 is 18.8 Å². The maximum atomic E-state index is 14.0. The van der Waals surface area contributed by atoms with Crippen molar-refractivity contribution in [2.75, 3.05) is 21.2 Å². The van der Waals surface area contributed by atoms with E-state index in [1.165, 1.54) is 32.4 Å². The molecule has 0 aromatic heterocycles. The number of hydrogen-bond acceptors (Lipinski definition) is 4. The average molecular weight is 308 g/mol. The van der Waals surface area contributed by atoms with Gasteiger partial charge in [-0.1, -0.05) is 18.2 Å². The number of benzene rings is 1. The lowest BCUT2D eigenvalue weighted by Gasteiger charge is -2.14. The van der Waals surface area contributed by atoms with Crippen LogP contribution in [-0.2, 0) is 16.2 Å². The maximum absolute atomic E-state index is 14.0. The van der Waals surface area contributed by atoms with Crippen molar-refractivity contribution in [1.29, 1.82) is 0 Å². The molecule has 0 aliphatic carbocycles. The molecule has 0 bridgehead atoms. The van der Waals surface area contributed by atoms with Crippen LogP contribution in [0.5, 0.6) is 0 Å². The van der Waals surface area contributed by atoms with E-state index in [4.69, 9.17) is 9.57 Å². The second-order valence-corrected chi connectivity index (χ2v) is 4.39. The summed E-state index contributed by atoms with van der Waals surface area (Å²) in [5.41, 5.74) is 0.571. The van der Waals surface area contributed by atoms with Gasteiger partial charge in [0.15, 0.2) is 5.88 Å². The van der Waals surface area contributed by atoms with E-state index in [9.17, 15) is 9.18 Å². The van der Waals surface area contributed by atoms with Gasteiger partial charge in [-0.3, -0.25) is 9.63 Å². The van der Waals surface area contributed by atoms with E-state index < -0.39 is 11.7 Å². The third kappa shape index (κ3) is 4.89.